The van der Waals surface area contributed by atoms with Gasteiger partial charge in [-0.05, 0) is 14.1 Å². The van der Waals surface area contributed by atoms with E-state index in [2.05, 4.69) is 10.3 Å². The number of ether oxygens (including phenoxy) is 2. The molecule has 2 aliphatic rings. The van der Waals surface area contributed by atoms with Crippen LogP contribution in [0.15, 0.2) is 12.4 Å². The molecule has 3 heterocycles. The lowest BCUT2D eigenvalue weighted by Crippen LogP contribution is -2.38. The Kier molecular flexibility index (Phi) is 5.19. The van der Waals surface area contributed by atoms with E-state index in [0.29, 0.717) is 19.5 Å². The van der Waals surface area contributed by atoms with Crippen LogP contribution >= 0.6 is 0 Å². The molecule has 8 heteroatoms. The molecule has 3 rings (SSSR count). The van der Waals surface area contributed by atoms with Crippen LogP contribution in [0.25, 0.3) is 0 Å². The first kappa shape index (κ1) is 17.3. The molecular weight excluding hydrogens is 312 g/mol. The average Bonchev–Trinajstić information content (AvgIpc) is 3.15. The predicted molar refractivity (Wildman–Crippen MR) is 86.2 cm³/mol. The molecule has 0 radical (unpaired) electrons. The van der Waals surface area contributed by atoms with E-state index in [4.69, 9.17) is 9.47 Å². The second-order valence-corrected chi connectivity index (χ2v) is 6.86. The van der Waals surface area contributed by atoms with Crippen molar-refractivity contribution in [1.82, 2.24) is 19.8 Å². The minimum Gasteiger partial charge on any atom is -0.388 e. The molecule has 24 heavy (non-hydrogen) atoms. The largest absolute Gasteiger partial charge is 0.388 e. The summed E-state index contributed by atoms with van der Waals surface area (Å²) in [4.78, 5) is 18.2. The van der Waals surface area contributed by atoms with Crippen molar-refractivity contribution in [3.63, 3.8) is 0 Å². The van der Waals surface area contributed by atoms with Gasteiger partial charge in [0.2, 0.25) is 5.91 Å². The van der Waals surface area contributed by atoms with Crippen molar-refractivity contribution in [2.45, 2.75) is 49.9 Å². The monoisotopic (exact) mass is 338 g/mol. The number of carbonyl (C=O) groups is 1. The highest BCUT2D eigenvalue weighted by Gasteiger charge is 2.50. The number of hydrogen-bond donors (Lipinski definition) is 2. The summed E-state index contributed by atoms with van der Waals surface area (Å²) in [6.45, 7) is 1.05. The fourth-order valence-corrected chi connectivity index (χ4v) is 3.37. The van der Waals surface area contributed by atoms with Crippen molar-refractivity contribution >= 4 is 5.91 Å². The number of aryl methyl sites for hydroxylation is 1. The van der Waals surface area contributed by atoms with Gasteiger partial charge in [-0.1, -0.05) is 0 Å². The van der Waals surface area contributed by atoms with Gasteiger partial charge in [0, 0.05) is 32.4 Å². The van der Waals surface area contributed by atoms with Gasteiger partial charge in [-0.2, -0.15) is 0 Å². The number of nitrogens with one attached hydrogen (secondary N) is 1. The van der Waals surface area contributed by atoms with Gasteiger partial charge in [0.1, 0.15) is 18.0 Å². The molecule has 1 amide bonds. The van der Waals surface area contributed by atoms with Crippen LogP contribution in [0, 0.1) is 0 Å². The average molecular weight is 338 g/mol. The first-order valence-electron chi connectivity index (χ1n) is 8.30. The molecule has 0 bridgehead atoms. The van der Waals surface area contributed by atoms with E-state index in [1.54, 1.807) is 6.20 Å². The van der Waals surface area contributed by atoms with E-state index in [0.717, 1.165) is 5.82 Å². The fraction of sp³-hybridized carbons (Fsp3) is 0.750. The molecular formula is C16H26N4O4. The molecule has 0 saturated carbocycles. The van der Waals surface area contributed by atoms with E-state index in [1.807, 2.05) is 36.8 Å². The lowest BCUT2D eigenvalue weighted by Gasteiger charge is -2.22. The minimum absolute atomic E-state index is 0.0812. The van der Waals surface area contributed by atoms with Crippen LogP contribution in [-0.4, -0.2) is 76.6 Å². The molecule has 2 N–H and O–H groups in total. The topological polar surface area (TPSA) is 88.9 Å². The zero-order chi connectivity index (χ0) is 17.3. The number of likely N-dealkylation sites (N-methyl/N-ethyl adjacent to an activating group) is 1. The minimum atomic E-state index is -0.641. The van der Waals surface area contributed by atoms with Crippen molar-refractivity contribution < 1.29 is 19.4 Å². The van der Waals surface area contributed by atoms with Crippen LogP contribution in [-0.2, 0) is 27.9 Å². The number of nitrogens with zero attached hydrogens (tertiary/aromatic N) is 3. The van der Waals surface area contributed by atoms with E-state index < -0.39 is 6.10 Å². The predicted octanol–water partition coefficient (Wildman–Crippen LogP) is -0.726. The third kappa shape index (κ3) is 3.77. The van der Waals surface area contributed by atoms with E-state index in [-0.39, 0.29) is 36.7 Å². The van der Waals surface area contributed by atoms with Gasteiger partial charge in [0.25, 0.3) is 0 Å². The van der Waals surface area contributed by atoms with Crippen LogP contribution < -0.4 is 5.32 Å². The second-order valence-electron chi connectivity index (χ2n) is 6.86. The Balaban J connectivity index is 1.44. The molecule has 1 aromatic rings. The number of aliphatic hydroxyl groups is 1. The van der Waals surface area contributed by atoms with Gasteiger partial charge in [-0.25, -0.2) is 4.98 Å². The van der Waals surface area contributed by atoms with Crippen molar-refractivity contribution in [3.05, 3.63) is 18.2 Å². The van der Waals surface area contributed by atoms with Crippen LogP contribution in [0.4, 0.5) is 0 Å². The number of hydrogen-bond acceptors (Lipinski definition) is 6. The molecule has 134 valence electrons. The van der Waals surface area contributed by atoms with Gasteiger partial charge in [0.05, 0.1) is 31.3 Å². The number of fused-ring (bicyclic) bond motifs is 1. The molecule has 2 fully saturated rings. The quantitative estimate of drug-likeness (QED) is 0.711. The van der Waals surface area contributed by atoms with Crippen molar-refractivity contribution in [1.29, 1.82) is 0 Å². The van der Waals surface area contributed by atoms with Gasteiger partial charge >= 0.3 is 0 Å². The zero-order valence-corrected chi connectivity index (χ0v) is 14.4. The first-order chi connectivity index (χ1) is 11.4. The Morgan fingerprint density at radius 1 is 1.50 bits per heavy atom. The Morgan fingerprint density at radius 3 is 2.92 bits per heavy atom. The highest BCUT2D eigenvalue weighted by molar-refractivity contribution is 5.76. The Labute approximate surface area is 141 Å². The maximum atomic E-state index is 12.1. The summed E-state index contributed by atoms with van der Waals surface area (Å²) in [6.07, 6.45) is 2.91. The highest BCUT2D eigenvalue weighted by Crippen LogP contribution is 2.35. The Hall–Kier alpha value is -1.48. The summed E-state index contributed by atoms with van der Waals surface area (Å²) < 4.78 is 13.6. The lowest BCUT2D eigenvalue weighted by atomic mass is 10.1. The third-order valence-corrected chi connectivity index (χ3v) is 4.60. The fourth-order valence-electron chi connectivity index (χ4n) is 3.37. The van der Waals surface area contributed by atoms with E-state index in [1.165, 1.54) is 0 Å². The maximum Gasteiger partial charge on any atom is 0.222 e. The van der Waals surface area contributed by atoms with Gasteiger partial charge < -0.3 is 29.4 Å². The summed E-state index contributed by atoms with van der Waals surface area (Å²) in [5.41, 5.74) is 0. The molecule has 5 unspecified atom stereocenters. The number of carbonyl (C=O) groups excluding carboxylic acids is 1. The standard InChI is InChI=1S/C16H26N4O4/c1-19(2)9-12-15(22)16-11(24-12)6-10(23-16)7-14(21)18-8-13-17-4-5-20(13)3/h4-5,10-12,15-16,22H,6-9H2,1-3H3,(H,18,21). The second kappa shape index (κ2) is 7.18. The Morgan fingerprint density at radius 2 is 2.29 bits per heavy atom. The highest BCUT2D eigenvalue weighted by atomic mass is 16.6. The SMILES string of the molecule is CN(C)CC1OC2CC(CC(=O)NCc3nccn3C)OC2C1O. The smallest absolute Gasteiger partial charge is 0.222 e. The van der Waals surface area contributed by atoms with Crippen LogP contribution in [0.5, 0.6) is 0 Å². The maximum absolute atomic E-state index is 12.1. The molecule has 0 spiro atoms. The molecule has 0 aliphatic carbocycles. The van der Waals surface area contributed by atoms with Crippen LogP contribution in [0.3, 0.4) is 0 Å². The van der Waals surface area contributed by atoms with Crippen LogP contribution in [0.2, 0.25) is 0 Å². The number of aromatic nitrogens is 2. The lowest BCUT2D eigenvalue weighted by molar-refractivity contribution is -0.125. The normalized spacial score (nSPS) is 32.3. The summed E-state index contributed by atoms with van der Waals surface area (Å²) in [5.74, 6) is 0.722. The van der Waals surface area contributed by atoms with E-state index in [9.17, 15) is 9.90 Å². The first-order valence-corrected chi connectivity index (χ1v) is 8.30. The van der Waals surface area contributed by atoms with Gasteiger partial charge in [-0.3, -0.25) is 4.79 Å². The summed E-state index contributed by atoms with van der Waals surface area (Å²) >= 11 is 0. The molecule has 2 aliphatic heterocycles. The number of rotatable bonds is 6. The van der Waals surface area contributed by atoms with Crippen LogP contribution in [0.1, 0.15) is 18.7 Å². The molecule has 5 atom stereocenters. The molecule has 2 saturated heterocycles. The zero-order valence-electron chi connectivity index (χ0n) is 14.4. The van der Waals surface area contributed by atoms with Crippen molar-refractivity contribution in [3.8, 4) is 0 Å². The Bertz CT molecular complexity index is 576. The molecule has 0 aromatic carbocycles. The number of imidazole rings is 1. The summed E-state index contributed by atoms with van der Waals surface area (Å²) in [7, 11) is 5.78. The third-order valence-electron chi connectivity index (χ3n) is 4.60. The number of aliphatic hydroxyl groups excluding tert-OH is 1. The number of amides is 1. The molecule has 1 aromatic heterocycles. The van der Waals surface area contributed by atoms with Crippen molar-refractivity contribution in [2.75, 3.05) is 20.6 Å². The van der Waals surface area contributed by atoms with Gasteiger partial charge in [-0.15, -0.1) is 0 Å². The summed E-state index contributed by atoms with van der Waals surface area (Å²) in [5, 5.41) is 13.2. The van der Waals surface area contributed by atoms with Crippen molar-refractivity contribution in [2.24, 2.45) is 7.05 Å². The van der Waals surface area contributed by atoms with E-state index >= 15 is 0 Å². The summed E-state index contributed by atoms with van der Waals surface area (Å²) in [6, 6.07) is 0. The molecule has 8 nitrogen and oxygen atoms in total. The van der Waals surface area contributed by atoms with Gasteiger partial charge in [0.15, 0.2) is 0 Å².